The van der Waals surface area contributed by atoms with Gasteiger partial charge in [0, 0.05) is 19.0 Å². The normalized spacial score (nSPS) is 19.6. The zero-order valence-electron chi connectivity index (χ0n) is 13.0. The van der Waals surface area contributed by atoms with Crippen molar-refractivity contribution in [3.63, 3.8) is 0 Å². The summed E-state index contributed by atoms with van der Waals surface area (Å²) in [4.78, 5) is 19.6. The monoisotopic (exact) mass is 320 g/mol. The van der Waals surface area contributed by atoms with E-state index in [4.69, 9.17) is 4.42 Å². The van der Waals surface area contributed by atoms with Gasteiger partial charge >= 0.3 is 0 Å². The SMILES string of the molecule is Cc1ccc(-c2nc(C)c(C(=O)N3CCC(C(C)O)C3)s2)o1. The molecule has 2 atom stereocenters. The molecule has 0 bridgehead atoms. The molecule has 5 nitrogen and oxygen atoms in total. The zero-order valence-corrected chi connectivity index (χ0v) is 13.8. The minimum atomic E-state index is -0.373. The Bertz CT molecular complexity index is 689. The van der Waals surface area contributed by atoms with E-state index in [0.717, 1.165) is 22.9 Å². The van der Waals surface area contributed by atoms with Crippen molar-refractivity contribution >= 4 is 17.2 Å². The zero-order chi connectivity index (χ0) is 15.9. The van der Waals surface area contributed by atoms with E-state index in [9.17, 15) is 9.90 Å². The van der Waals surface area contributed by atoms with Gasteiger partial charge in [0.25, 0.3) is 5.91 Å². The summed E-state index contributed by atoms with van der Waals surface area (Å²) in [6.45, 7) is 6.83. The lowest BCUT2D eigenvalue weighted by Gasteiger charge is -2.17. The second-order valence-electron chi connectivity index (χ2n) is 5.88. The first kappa shape index (κ1) is 15.2. The predicted octanol–water partition coefficient (Wildman–Crippen LogP) is 2.86. The van der Waals surface area contributed by atoms with E-state index in [1.54, 1.807) is 6.92 Å². The fourth-order valence-corrected chi connectivity index (χ4v) is 3.75. The number of carbonyl (C=O) groups is 1. The van der Waals surface area contributed by atoms with Gasteiger partial charge in [0.1, 0.15) is 10.6 Å². The van der Waals surface area contributed by atoms with Crippen molar-refractivity contribution in [3.8, 4) is 10.8 Å². The molecule has 0 aliphatic carbocycles. The van der Waals surface area contributed by atoms with Gasteiger partial charge < -0.3 is 14.4 Å². The molecule has 6 heteroatoms. The maximum atomic E-state index is 12.7. The van der Waals surface area contributed by atoms with Crippen molar-refractivity contribution in [2.24, 2.45) is 5.92 Å². The van der Waals surface area contributed by atoms with E-state index >= 15 is 0 Å². The molecule has 118 valence electrons. The van der Waals surface area contributed by atoms with Gasteiger partial charge in [-0.05, 0) is 39.3 Å². The van der Waals surface area contributed by atoms with Crippen LogP contribution < -0.4 is 0 Å². The number of hydrogen-bond acceptors (Lipinski definition) is 5. The summed E-state index contributed by atoms with van der Waals surface area (Å²) in [5, 5.41) is 10.4. The van der Waals surface area contributed by atoms with Crippen LogP contribution in [0, 0.1) is 19.8 Å². The van der Waals surface area contributed by atoms with E-state index in [1.165, 1.54) is 11.3 Å². The van der Waals surface area contributed by atoms with Gasteiger partial charge in [-0.2, -0.15) is 0 Å². The summed E-state index contributed by atoms with van der Waals surface area (Å²) < 4.78 is 5.58. The van der Waals surface area contributed by atoms with Gasteiger partial charge in [-0.15, -0.1) is 11.3 Å². The molecule has 1 saturated heterocycles. The number of furan rings is 1. The van der Waals surface area contributed by atoms with E-state index in [2.05, 4.69) is 4.98 Å². The number of carbonyl (C=O) groups excluding carboxylic acids is 1. The van der Waals surface area contributed by atoms with Gasteiger partial charge in [0.05, 0.1) is 11.8 Å². The molecule has 3 heterocycles. The topological polar surface area (TPSA) is 66.6 Å². The minimum Gasteiger partial charge on any atom is -0.459 e. The molecule has 0 aromatic carbocycles. The predicted molar refractivity (Wildman–Crippen MR) is 85.0 cm³/mol. The van der Waals surface area contributed by atoms with Crippen LogP contribution in [0.4, 0.5) is 0 Å². The number of rotatable bonds is 3. The van der Waals surface area contributed by atoms with Crippen molar-refractivity contribution in [1.82, 2.24) is 9.88 Å². The van der Waals surface area contributed by atoms with Crippen LogP contribution in [0.15, 0.2) is 16.5 Å². The highest BCUT2D eigenvalue weighted by molar-refractivity contribution is 7.17. The number of amides is 1. The summed E-state index contributed by atoms with van der Waals surface area (Å²) in [6, 6.07) is 3.77. The number of aliphatic hydroxyl groups excluding tert-OH is 1. The maximum Gasteiger partial charge on any atom is 0.265 e. The third-order valence-electron chi connectivity index (χ3n) is 4.14. The maximum absolute atomic E-state index is 12.7. The summed E-state index contributed by atoms with van der Waals surface area (Å²) in [7, 11) is 0. The average Bonchev–Trinajstić information content (AvgIpc) is 3.16. The highest BCUT2D eigenvalue weighted by atomic mass is 32.1. The van der Waals surface area contributed by atoms with Gasteiger partial charge in [-0.1, -0.05) is 0 Å². The van der Waals surface area contributed by atoms with Crippen molar-refractivity contribution in [2.75, 3.05) is 13.1 Å². The van der Waals surface area contributed by atoms with Gasteiger partial charge in [0.15, 0.2) is 10.8 Å². The second-order valence-corrected chi connectivity index (χ2v) is 6.88. The number of hydrogen-bond donors (Lipinski definition) is 1. The van der Waals surface area contributed by atoms with Gasteiger partial charge in [-0.3, -0.25) is 4.79 Å². The summed E-state index contributed by atoms with van der Waals surface area (Å²) in [5.41, 5.74) is 0.736. The largest absolute Gasteiger partial charge is 0.459 e. The molecule has 1 aliphatic rings. The van der Waals surface area contributed by atoms with E-state index in [-0.39, 0.29) is 17.9 Å². The number of thiazole rings is 1. The molecule has 1 amide bonds. The summed E-state index contributed by atoms with van der Waals surface area (Å²) >= 11 is 1.37. The van der Waals surface area contributed by atoms with Crippen LogP contribution in [0.1, 0.15) is 34.5 Å². The van der Waals surface area contributed by atoms with Crippen LogP contribution in [0.5, 0.6) is 0 Å². The van der Waals surface area contributed by atoms with Crippen molar-refractivity contribution < 1.29 is 14.3 Å². The second kappa shape index (κ2) is 5.85. The molecule has 0 spiro atoms. The molecular formula is C16H20N2O3S. The third-order valence-corrected chi connectivity index (χ3v) is 5.30. The van der Waals surface area contributed by atoms with Crippen LogP contribution >= 0.6 is 11.3 Å². The number of likely N-dealkylation sites (tertiary alicyclic amines) is 1. The van der Waals surface area contributed by atoms with Crippen LogP contribution in [-0.2, 0) is 0 Å². The molecular weight excluding hydrogens is 300 g/mol. The lowest BCUT2D eigenvalue weighted by molar-refractivity contribution is 0.0766. The molecule has 1 fully saturated rings. The molecule has 2 unspecified atom stereocenters. The first-order chi connectivity index (χ1) is 10.5. The molecule has 0 radical (unpaired) electrons. The Morgan fingerprint density at radius 2 is 2.27 bits per heavy atom. The summed E-state index contributed by atoms with van der Waals surface area (Å²) in [6.07, 6.45) is 0.480. The third kappa shape index (κ3) is 2.80. The lowest BCUT2D eigenvalue weighted by atomic mass is 10.0. The fraction of sp³-hybridized carbons (Fsp3) is 0.500. The Morgan fingerprint density at radius 3 is 2.86 bits per heavy atom. The molecule has 3 rings (SSSR count). The molecule has 1 N–H and O–H groups in total. The standard InChI is InChI=1S/C16H20N2O3S/c1-9-4-5-13(21-9)15-17-10(2)14(22-15)16(20)18-7-6-12(8-18)11(3)19/h4-5,11-12,19H,6-8H2,1-3H3. The Labute approximate surface area is 133 Å². The Hall–Kier alpha value is -1.66. The first-order valence-electron chi connectivity index (χ1n) is 7.47. The Balaban J connectivity index is 1.80. The average molecular weight is 320 g/mol. The Morgan fingerprint density at radius 1 is 1.50 bits per heavy atom. The smallest absolute Gasteiger partial charge is 0.265 e. The molecule has 2 aromatic heterocycles. The number of aromatic nitrogens is 1. The van der Waals surface area contributed by atoms with Crippen LogP contribution in [0.3, 0.4) is 0 Å². The Kier molecular flexibility index (Phi) is 4.06. The quantitative estimate of drug-likeness (QED) is 0.944. The van der Waals surface area contributed by atoms with Gasteiger partial charge in [-0.25, -0.2) is 4.98 Å². The van der Waals surface area contributed by atoms with Crippen LogP contribution in [0.25, 0.3) is 10.8 Å². The fourth-order valence-electron chi connectivity index (χ4n) is 2.76. The highest BCUT2D eigenvalue weighted by Crippen LogP contribution is 2.31. The van der Waals surface area contributed by atoms with Crippen molar-refractivity contribution in [1.29, 1.82) is 0 Å². The van der Waals surface area contributed by atoms with E-state index < -0.39 is 0 Å². The van der Waals surface area contributed by atoms with Gasteiger partial charge in [0.2, 0.25) is 0 Å². The number of nitrogens with zero attached hydrogens (tertiary/aromatic N) is 2. The molecule has 0 saturated carbocycles. The number of aliphatic hydroxyl groups is 1. The van der Waals surface area contributed by atoms with Crippen LogP contribution in [-0.4, -0.2) is 40.1 Å². The first-order valence-corrected chi connectivity index (χ1v) is 8.29. The van der Waals surface area contributed by atoms with Crippen LogP contribution in [0.2, 0.25) is 0 Å². The number of aryl methyl sites for hydroxylation is 2. The van der Waals surface area contributed by atoms with Crippen molar-refractivity contribution in [2.45, 2.75) is 33.3 Å². The minimum absolute atomic E-state index is 0.00711. The molecule has 2 aromatic rings. The highest BCUT2D eigenvalue weighted by Gasteiger charge is 2.31. The molecule has 1 aliphatic heterocycles. The molecule has 22 heavy (non-hydrogen) atoms. The van der Waals surface area contributed by atoms with E-state index in [1.807, 2.05) is 30.9 Å². The summed E-state index contributed by atoms with van der Waals surface area (Å²) in [5.74, 6) is 1.71. The lowest BCUT2D eigenvalue weighted by Crippen LogP contribution is -2.30. The van der Waals surface area contributed by atoms with E-state index in [0.29, 0.717) is 23.7 Å². The van der Waals surface area contributed by atoms with Crippen molar-refractivity contribution in [3.05, 3.63) is 28.5 Å².